The van der Waals surface area contributed by atoms with Crippen LogP contribution in [0.2, 0.25) is 5.02 Å². The number of rotatable bonds is 6. The van der Waals surface area contributed by atoms with Crippen LogP contribution in [-0.4, -0.2) is 10.1 Å². The van der Waals surface area contributed by atoms with Gasteiger partial charge in [-0.25, -0.2) is 4.98 Å². The van der Waals surface area contributed by atoms with Crippen LogP contribution in [0.4, 0.5) is 0 Å². The molecule has 0 bridgehead atoms. The van der Waals surface area contributed by atoms with Crippen LogP contribution in [0.25, 0.3) is 0 Å². The first-order valence-corrected chi connectivity index (χ1v) is 7.07. The highest BCUT2D eigenvalue weighted by atomic mass is 35.5. The molecular formula is C16H18ClNO2. The van der Waals surface area contributed by atoms with E-state index in [4.69, 9.17) is 16.3 Å². The van der Waals surface area contributed by atoms with Crippen LogP contribution in [0.5, 0.6) is 5.88 Å². The normalized spacial score (nSPS) is 10.6. The van der Waals surface area contributed by atoms with E-state index < -0.39 is 0 Å². The maximum Gasteiger partial charge on any atom is 0.214 e. The lowest BCUT2D eigenvalue weighted by Gasteiger charge is -2.09. The predicted molar refractivity (Wildman–Crippen MR) is 79.9 cm³/mol. The third-order valence-electron chi connectivity index (χ3n) is 2.88. The number of benzene rings is 1. The molecule has 0 saturated carbocycles. The maximum atomic E-state index is 9.28. The number of pyridine rings is 1. The van der Waals surface area contributed by atoms with Gasteiger partial charge >= 0.3 is 0 Å². The van der Waals surface area contributed by atoms with Crippen LogP contribution in [-0.2, 0) is 19.6 Å². The Kier molecular flexibility index (Phi) is 5.39. The summed E-state index contributed by atoms with van der Waals surface area (Å²) < 4.78 is 5.70. The SMILES string of the molecule is CCCc1cc(CO)cc(OCc2cccc(Cl)c2)n1. The summed E-state index contributed by atoms with van der Waals surface area (Å²) in [5, 5.41) is 9.97. The molecule has 106 valence electrons. The first-order chi connectivity index (χ1) is 9.71. The van der Waals surface area contributed by atoms with Gasteiger partial charge in [-0.2, -0.15) is 0 Å². The van der Waals surface area contributed by atoms with E-state index in [2.05, 4.69) is 11.9 Å². The maximum absolute atomic E-state index is 9.28. The minimum atomic E-state index is -0.00718. The Hall–Kier alpha value is -1.58. The molecule has 0 aliphatic carbocycles. The third-order valence-corrected chi connectivity index (χ3v) is 3.11. The molecule has 0 radical (unpaired) electrons. The van der Waals surface area contributed by atoms with Crippen LogP contribution < -0.4 is 4.74 Å². The second kappa shape index (κ2) is 7.27. The Bertz CT molecular complexity index is 572. The average Bonchev–Trinajstić information content (AvgIpc) is 2.45. The van der Waals surface area contributed by atoms with E-state index in [1.807, 2.05) is 30.3 Å². The smallest absolute Gasteiger partial charge is 0.214 e. The molecule has 20 heavy (non-hydrogen) atoms. The predicted octanol–water partition coefficient (Wildman–Crippen LogP) is 3.76. The number of aliphatic hydroxyl groups is 1. The van der Waals surface area contributed by atoms with Gasteiger partial charge in [-0.05, 0) is 35.7 Å². The average molecular weight is 292 g/mol. The van der Waals surface area contributed by atoms with Gasteiger partial charge < -0.3 is 9.84 Å². The summed E-state index contributed by atoms with van der Waals surface area (Å²) in [5.74, 6) is 0.542. The van der Waals surface area contributed by atoms with Gasteiger partial charge in [0.25, 0.3) is 0 Å². The van der Waals surface area contributed by atoms with E-state index in [9.17, 15) is 5.11 Å². The van der Waals surface area contributed by atoms with Gasteiger partial charge in [0.15, 0.2) is 0 Å². The molecule has 1 aromatic carbocycles. The number of nitrogens with zero attached hydrogens (tertiary/aromatic N) is 1. The highest BCUT2D eigenvalue weighted by molar-refractivity contribution is 6.30. The zero-order valence-corrected chi connectivity index (χ0v) is 12.2. The van der Waals surface area contributed by atoms with E-state index in [-0.39, 0.29) is 6.61 Å². The summed E-state index contributed by atoms with van der Waals surface area (Å²) in [4.78, 5) is 4.44. The van der Waals surface area contributed by atoms with Gasteiger partial charge in [-0.15, -0.1) is 0 Å². The van der Waals surface area contributed by atoms with Crippen molar-refractivity contribution in [2.45, 2.75) is 33.0 Å². The van der Waals surface area contributed by atoms with Crippen molar-refractivity contribution in [2.24, 2.45) is 0 Å². The highest BCUT2D eigenvalue weighted by Gasteiger charge is 2.04. The molecular weight excluding hydrogens is 274 g/mol. The quantitative estimate of drug-likeness (QED) is 0.881. The van der Waals surface area contributed by atoms with Crippen molar-refractivity contribution >= 4 is 11.6 Å². The zero-order valence-electron chi connectivity index (χ0n) is 11.5. The molecule has 0 unspecified atom stereocenters. The molecule has 1 heterocycles. The van der Waals surface area contributed by atoms with Gasteiger partial charge in [0.05, 0.1) is 6.61 Å². The molecule has 3 nitrogen and oxygen atoms in total. The molecule has 1 N–H and O–H groups in total. The van der Waals surface area contributed by atoms with Gasteiger partial charge in [0.2, 0.25) is 5.88 Å². The fourth-order valence-electron chi connectivity index (χ4n) is 1.95. The summed E-state index contributed by atoms with van der Waals surface area (Å²) in [6.07, 6.45) is 1.89. The standard InChI is InChI=1S/C16H18ClNO2/c1-2-4-15-8-13(10-19)9-16(18-15)20-11-12-5-3-6-14(17)7-12/h3,5-9,19H,2,4,10-11H2,1H3. The summed E-state index contributed by atoms with van der Waals surface area (Å²) in [6.45, 7) is 2.50. The molecule has 0 spiro atoms. The molecule has 1 aromatic heterocycles. The lowest BCUT2D eigenvalue weighted by Crippen LogP contribution is -2.01. The van der Waals surface area contributed by atoms with Crippen molar-refractivity contribution in [3.05, 3.63) is 58.2 Å². The van der Waals surface area contributed by atoms with E-state index in [1.54, 1.807) is 6.07 Å². The second-order valence-electron chi connectivity index (χ2n) is 4.63. The zero-order chi connectivity index (χ0) is 14.4. The first-order valence-electron chi connectivity index (χ1n) is 6.69. The van der Waals surface area contributed by atoms with Crippen molar-refractivity contribution in [3.8, 4) is 5.88 Å². The summed E-state index contributed by atoms with van der Waals surface area (Å²) in [5.41, 5.74) is 2.76. The summed E-state index contributed by atoms with van der Waals surface area (Å²) >= 11 is 5.94. The monoisotopic (exact) mass is 291 g/mol. The largest absolute Gasteiger partial charge is 0.473 e. The lowest BCUT2D eigenvalue weighted by atomic mass is 10.2. The fraction of sp³-hybridized carbons (Fsp3) is 0.312. The highest BCUT2D eigenvalue weighted by Crippen LogP contribution is 2.17. The number of aliphatic hydroxyl groups excluding tert-OH is 1. The molecule has 2 aromatic rings. The van der Waals surface area contributed by atoms with Gasteiger partial charge in [0, 0.05) is 16.8 Å². The van der Waals surface area contributed by atoms with Crippen LogP contribution >= 0.6 is 11.6 Å². The van der Waals surface area contributed by atoms with Crippen LogP contribution in [0.3, 0.4) is 0 Å². The molecule has 0 aliphatic heterocycles. The number of hydrogen-bond donors (Lipinski definition) is 1. The van der Waals surface area contributed by atoms with Crippen molar-refractivity contribution in [1.82, 2.24) is 4.98 Å². The van der Waals surface area contributed by atoms with Crippen molar-refractivity contribution in [1.29, 1.82) is 0 Å². The fourth-order valence-corrected chi connectivity index (χ4v) is 2.17. The Balaban J connectivity index is 2.10. The number of halogens is 1. The Morgan fingerprint density at radius 3 is 2.75 bits per heavy atom. The van der Waals surface area contributed by atoms with E-state index in [0.29, 0.717) is 17.5 Å². The van der Waals surface area contributed by atoms with E-state index in [1.165, 1.54) is 0 Å². The number of aryl methyl sites for hydroxylation is 1. The molecule has 0 fully saturated rings. The molecule has 0 atom stereocenters. The van der Waals surface area contributed by atoms with Crippen LogP contribution in [0, 0.1) is 0 Å². The summed E-state index contributed by atoms with van der Waals surface area (Å²) in [7, 11) is 0. The second-order valence-corrected chi connectivity index (χ2v) is 5.07. The lowest BCUT2D eigenvalue weighted by molar-refractivity contribution is 0.274. The summed E-state index contributed by atoms with van der Waals surface area (Å²) in [6, 6.07) is 11.2. The van der Waals surface area contributed by atoms with E-state index in [0.717, 1.165) is 29.7 Å². The Morgan fingerprint density at radius 2 is 2.05 bits per heavy atom. The number of ether oxygens (including phenoxy) is 1. The molecule has 0 aliphatic rings. The molecule has 0 amide bonds. The first kappa shape index (κ1) is 14.8. The van der Waals surface area contributed by atoms with Gasteiger partial charge in [-0.3, -0.25) is 0 Å². The van der Waals surface area contributed by atoms with Gasteiger partial charge in [0.1, 0.15) is 6.61 Å². The topological polar surface area (TPSA) is 42.4 Å². The third kappa shape index (κ3) is 4.22. The minimum absolute atomic E-state index is 0.00718. The molecule has 4 heteroatoms. The molecule has 2 rings (SSSR count). The Morgan fingerprint density at radius 1 is 1.20 bits per heavy atom. The van der Waals surface area contributed by atoms with E-state index >= 15 is 0 Å². The Labute approximate surface area is 124 Å². The minimum Gasteiger partial charge on any atom is -0.473 e. The van der Waals surface area contributed by atoms with Crippen molar-refractivity contribution in [3.63, 3.8) is 0 Å². The van der Waals surface area contributed by atoms with Gasteiger partial charge in [-0.1, -0.05) is 37.1 Å². The van der Waals surface area contributed by atoms with Crippen molar-refractivity contribution in [2.75, 3.05) is 0 Å². The number of hydrogen-bond acceptors (Lipinski definition) is 3. The molecule has 0 saturated heterocycles. The number of aromatic nitrogens is 1. The van der Waals surface area contributed by atoms with Crippen LogP contribution in [0.1, 0.15) is 30.2 Å². The van der Waals surface area contributed by atoms with Crippen LogP contribution in [0.15, 0.2) is 36.4 Å². The van der Waals surface area contributed by atoms with Crippen molar-refractivity contribution < 1.29 is 9.84 Å².